The number of benzene rings is 3. The van der Waals surface area contributed by atoms with Crippen LogP contribution in [0, 0.1) is 6.92 Å². The lowest BCUT2D eigenvalue weighted by Crippen LogP contribution is -2.54. The molecule has 0 aromatic heterocycles. The lowest BCUT2D eigenvalue weighted by molar-refractivity contribution is -0.140. The fourth-order valence-electron chi connectivity index (χ4n) is 5.17. The van der Waals surface area contributed by atoms with Gasteiger partial charge in [0, 0.05) is 39.1 Å². The van der Waals surface area contributed by atoms with Crippen LogP contribution in [-0.4, -0.2) is 50.0 Å². The summed E-state index contributed by atoms with van der Waals surface area (Å²) in [6.07, 6.45) is 5.09. The van der Waals surface area contributed by atoms with Crippen LogP contribution in [0.15, 0.2) is 71.2 Å². The monoisotopic (exact) mass is 693 g/mol. The number of rotatable bonds is 11. The third kappa shape index (κ3) is 8.28. The van der Waals surface area contributed by atoms with Crippen molar-refractivity contribution in [1.82, 2.24) is 10.2 Å². The van der Waals surface area contributed by atoms with Gasteiger partial charge < -0.3 is 10.2 Å². The zero-order valence-corrected chi connectivity index (χ0v) is 27.4. The Morgan fingerprint density at radius 2 is 1.64 bits per heavy atom. The molecule has 1 aliphatic rings. The second-order valence-corrected chi connectivity index (χ2v) is 14.2. The summed E-state index contributed by atoms with van der Waals surface area (Å²) < 4.78 is 27.9. The maximum Gasteiger partial charge on any atom is 0.244 e. The Bertz CT molecular complexity index is 1510. The molecule has 4 rings (SSSR count). The number of halogens is 3. The summed E-state index contributed by atoms with van der Waals surface area (Å²) in [6, 6.07) is 18.6. The number of nitrogens with one attached hydrogen (secondary N) is 1. The summed E-state index contributed by atoms with van der Waals surface area (Å²) in [6.45, 7) is 1.25. The average Bonchev–Trinajstić information content (AvgIpc) is 3.45. The van der Waals surface area contributed by atoms with E-state index in [1.165, 1.54) is 4.90 Å². The van der Waals surface area contributed by atoms with Crippen LogP contribution in [0.4, 0.5) is 5.69 Å². The molecule has 1 atom stereocenters. The number of hydrogen-bond donors (Lipinski definition) is 1. The van der Waals surface area contributed by atoms with Crippen LogP contribution < -0.4 is 9.62 Å². The number of carbonyl (C=O) groups excluding carboxylic acids is 2. The minimum atomic E-state index is -3.87. The Morgan fingerprint density at radius 3 is 2.24 bits per heavy atom. The first-order chi connectivity index (χ1) is 19.9. The molecule has 0 spiro atoms. The molecular formula is C31H34BrCl2N3O4S. The van der Waals surface area contributed by atoms with Gasteiger partial charge in [-0.05, 0) is 61.2 Å². The SMILES string of the molecule is Cc1cc(N(CC(=O)N(Cc2c(Cl)cccc2Cl)[C@H](Cc2ccccc2)C(=O)NC2CCCC2)S(C)(=O)=O)ccc1Br. The molecule has 3 aromatic rings. The van der Waals surface area contributed by atoms with Gasteiger partial charge in [-0.3, -0.25) is 13.9 Å². The van der Waals surface area contributed by atoms with Crippen molar-refractivity contribution in [2.24, 2.45) is 0 Å². The summed E-state index contributed by atoms with van der Waals surface area (Å²) in [7, 11) is -3.87. The average molecular weight is 696 g/mol. The van der Waals surface area contributed by atoms with E-state index in [1.54, 1.807) is 36.4 Å². The molecule has 0 heterocycles. The Labute approximate surface area is 266 Å². The Hall–Kier alpha value is -2.59. The molecule has 1 aliphatic carbocycles. The highest BCUT2D eigenvalue weighted by Crippen LogP contribution is 2.29. The summed E-state index contributed by atoms with van der Waals surface area (Å²) in [5.41, 5.74) is 2.49. The standard InChI is InChI=1S/C31H34BrCl2N3O4S/c1-21-17-24(15-16-26(21)32)37(42(2,40)41)20-30(38)36(19-25-27(33)13-8-14-28(25)34)29(18-22-9-4-3-5-10-22)31(39)35-23-11-6-7-12-23/h3-5,8-10,13-17,23,29H,6-7,11-12,18-20H2,1-2H3,(H,35,39)/t29-/m1/s1. The quantitative estimate of drug-likeness (QED) is 0.247. The van der Waals surface area contributed by atoms with Crippen molar-refractivity contribution in [2.45, 2.75) is 57.7 Å². The van der Waals surface area contributed by atoms with Crippen LogP contribution in [0.3, 0.4) is 0 Å². The molecule has 1 saturated carbocycles. The first-order valence-electron chi connectivity index (χ1n) is 13.7. The van der Waals surface area contributed by atoms with Crippen molar-refractivity contribution in [3.63, 3.8) is 0 Å². The van der Waals surface area contributed by atoms with E-state index in [0.29, 0.717) is 21.3 Å². The van der Waals surface area contributed by atoms with Gasteiger partial charge in [-0.2, -0.15) is 0 Å². The molecule has 1 fully saturated rings. The first kappa shape index (κ1) is 32.3. The van der Waals surface area contributed by atoms with E-state index in [0.717, 1.165) is 51.8 Å². The highest BCUT2D eigenvalue weighted by molar-refractivity contribution is 9.10. The summed E-state index contributed by atoms with van der Waals surface area (Å²) in [5.74, 6) is -0.854. The molecule has 0 saturated heterocycles. The van der Waals surface area contributed by atoms with Gasteiger partial charge in [0.05, 0.1) is 11.9 Å². The van der Waals surface area contributed by atoms with Crippen LogP contribution in [0.1, 0.15) is 42.4 Å². The van der Waals surface area contributed by atoms with E-state index >= 15 is 0 Å². The maximum atomic E-state index is 14.3. The summed E-state index contributed by atoms with van der Waals surface area (Å²) in [4.78, 5) is 29.6. The number of nitrogens with zero attached hydrogens (tertiary/aromatic N) is 2. The number of amides is 2. The lowest BCUT2D eigenvalue weighted by atomic mass is 10.0. The number of hydrogen-bond acceptors (Lipinski definition) is 4. The van der Waals surface area contributed by atoms with E-state index in [9.17, 15) is 18.0 Å². The predicted octanol–water partition coefficient (Wildman–Crippen LogP) is 6.53. The molecule has 0 radical (unpaired) electrons. The van der Waals surface area contributed by atoms with Crippen LogP contribution in [0.5, 0.6) is 0 Å². The van der Waals surface area contributed by atoms with E-state index < -0.39 is 28.5 Å². The van der Waals surface area contributed by atoms with E-state index in [-0.39, 0.29) is 24.9 Å². The zero-order valence-electron chi connectivity index (χ0n) is 23.5. The molecule has 7 nitrogen and oxygen atoms in total. The van der Waals surface area contributed by atoms with Gasteiger partial charge in [-0.1, -0.05) is 88.4 Å². The van der Waals surface area contributed by atoms with Gasteiger partial charge in [-0.25, -0.2) is 8.42 Å². The minimum absolute atomic E-state index is 0.0230. The zero-order chi connectivity index (χ0) is 30.4. The van der Waals surface area contributed by atoms with E-state index in [2.05, 4.69) is 21.2 Å². The molecule has 42 heavy (non-hydrogen) atoms. The molecule has 1 N–H and O–H groups in total. The van der Waals surface area contributed by atoms with Gasteiger partial charge in [0.1, 0.15) is 12.6 Å². The smallest absolute Gasteiger partial charge is 0.244 e. The highest BCUT2D eigenvalue weighted by Gasteiger charge is 2.35. The number of sulfonamides is 1. The van der Waals surface area contributed by atoms with Gasteiger partial charge in [0.2, 0.25) is 21.8 Å². The maximum absolute atomic E-state index is 14.3. The molecule has 3 aromatic carbocycles. The number of anilines is 1. The molecule has 11 heteroatoms. The third-order valence-electron chi connectivity index (χ3n) is 7.47. The molecule has 224 valence electrons. The van der Waals surface area contributed by atoms with Crippen LogP contribution in [0.25, 0.3) is 0 Å². The van der Waals surface area contributed by atoms with Gasteiger partial charge in [-0.15, -0.1) is 0 Å². The van der Waals surface area contributed by atoms with Crippen LogP contribution in [-0.2, 0) is 32.6 Å². The Morgan fingerprint density at radius 1 is 1.00 bits per heavy atom. The van der Waals surface area contributed by atoms with Crippen LogP contribution >= 0.6 is 39.1 Å². The fourth-order valence-corrected chi connectivity index (χ4v) is 6.78. The fraction of sp³-hybridized carbons (Fsp3) is 0.355. The van der Waals surface area contributed by atoms with Crippen LogP contribution in [0.2, 0.25) is 10.0 Å². The Kier molecular flexibility index (Phi) is 11.0. The second-order valence-electron chi connectivity index (χ2n) is 10.6. The highest BCUT2D eigenvalue weighted by atomic mass is 79.9. The number of carbonyl (C=O) groups is 2. The van der Waals surface area contributed by atoms with Gasteiger partial charge in [0.15, 0.2) is 0 Å². The Balaban J connectivity index is 1.77. The van der Waals surface area contributed by atoms with E-state index in [1.807, 2.05) is 37.3 Å². The van der Waals surface area contributed by atoms with Crippen molar-refractivity contribution in [1.29, 1.82) is 0 Å². The summed E-state index contributed by atoms with van der Waals surface area (Å²) >= 11 is 16.5. The predicted molar refractivity (Wildman–Crippen MR) is 172 cm³/mol. The third-order valence-corrected chi connectivity index (χ3v) is 10.2. The molecular weight excluding hydrogens is 661 g/mol. The lowest BCUT2D eigenvalue weighted by Gasteiger charge is -2.34. The topological polar surface area (TPSA) is 86.8 Å². The molecule has 2 amide bonds. The summed E-state index contributed by atoms with van der Waals surface area (Å²) in [5, 5.41) is 3.83. The van der Waals surface area contributed by atoms with Crippen molar-refractivity contribution in [2.75, 3.05) is 17.1 Å². The normalized spacial score (nSPS) is 14.4. The molecule has 0 aliphatic heterocycles. The van der Waals surface area contributed by atoms with Crippen molar-refractivity contribution in [3.05, 3.63) is 97.9 Å². The van der Waals surface area contributed by atoms with Crippen molar-refractivity contribution < 1.29 is 18.0 Å². The van der Waals surface area contributed by atoms with E-state index in [4.69, 9.17) is 23.2 Å². The van der Waals surface area contributed by atoms with Gasteiger partial charge in [0.25, 0.3) is 0 Å². The first-order valence-corrected chi connectivity index (χ1v) is 17.1. The molecule has 0 bridgehead atoms. The molecule has 0 unspecified atom stereocenters. The second kappa shape index (κ2) is 14.3. The van der Waals surface area contributed by atoms with Crippen molar-refractivity contribution >= 4 is 66.7 Å². The van der Waals surface area contributed by atoms with Crippen molar-refractivity contribution in [3.8, 4) is 0 Å². The minimum Gasteiger partial charge on any atom is -0.352 e. The number of aryl methyl sites for hydroxylation is 1. The van der Waals surface area contributed by atoms with Gasteiger partial charge >= 0.3 is 0 Å². The largest absolute Gasteiger partial charge is 0.352 e.